The Morgan fingerprint density at radius 1 is 1.16 bits per heavy atom. The maximum Gasteiger partial charge on any atom is 0.194 e. The number of guanidine groups is 1. The summed E-state index contributed by atoms with van der Waals surface area (Å²) >= 11 is 6.61. The van der Waals surface area contributed by atoms with Gasteiger partial charge in [0.2, 0.25) is 0 Å². The first-order chi connectivity index (χ1) is 15.2. The third kappa shape index (κ3) is 5.40. The van der Waals surface area contributed by atoms with Gasteiger partial charge in [0.05, 0.1) is 12.2 Å². The SMILES string of the molecule is CCNC(=NCC1(c2ccccc2Cl)CCOCC1)N1CCN(Cc2ccon2)CC1. The quantitative estimate of drug-likeness (QED) is 0.544. The number of piperazine rings is 1. The van der Waals surface area contributed by atoms with Crippen molar-refractivity contribution in [2.75, 3.05) is 52.5 Å². The van der Waals surface area contributed by atoms with Crippen molar-refractivity contribution in [3.05, 3.63) is 52.9 Å². The fraction of sp³-hybridized carbons (Fsp3) is 0.565. The first kappa shape index (κ1) is 22.1. The van der Waals surface area contributed by atoms with Crippen LogP contribution in [0, 0.1) is 0 Å². The lowest BCUT2D eigenvalue weighted by molar-refractivity contribution is 0.0530. The second-order valence-electron chi connectivity index (χ2n) is 8.30. The number of nitrogens with zero attached hydrogens (tertiary/aromatic N) is 4. The Bertz CT molecular complexity index is 843. The molecular weight excluding hydrogens is 414 g/mol. The molecule has 2 aliphatic heterocycles. The number of nitrogens with one attached hydrogen (secondary N) is 1. The van der Waals surface area contributed by atoms with Crippen LogP contribution in [0.1, 0.15) is 31.0 Å². The largest absolute Gasteiger partial charge is 0.381 e. The van der Waals surface area contributed by atoms with Crippen LogP contribution in [0.3, 0.4) is 0 Å². The Kier molecular flexibility index (Phi) is 7.48. The van der Waals surface area contributed by atoms with E-state index in [0.717, 1.165) is 82.0 Å². The van der Waals surface area contributed by atoms with Crippen LogP contribution in [0.25, 0.3) is 0 Å². The Hall–Kier alpha value is -2.09. The zero-order valence-electron chi connectivity index (χ0n) is 18.2. The molecule has 2 aromatic rings. The second-order valence-corrected chi connectivity index (χ2v) is 8.70. The summed E-state index contributed by atoms with van der Waals surface area (Å²) in [4.78, 5) is 9.89. The summed E-state index contributed by atoms with van der Waals surface area (Å²) in [6, 6.07) is 10.1. The molecule has 0 atom stereocenters. The fourth-order valence-electron chi connectivity index (χ4n) is 4.48. The van der Waals surface area contributed by atoms with E-state index in [1.165, 1.54) is 5.56 Å². The number of rotatable bonds is 6. The van der Waals surface area contributed by atoms with Gasteiger partial charge in [0.1, 0.15) is 6.26 Å². The topological polar surface area (TPSA) is 66.1 Å². The summed E-state index contributed by atoms with van der Waals surface area (Å²) in [5.41, 5.74) is 2.10. The molecule has 2 aliphatic rings. The van der Waals surface area contributed by atoms with Gasteiger partial charge in [0.25, 0.3) is 0 Å². The molecule has 3 heterocycles. The Morgan fingerprint density at radius 2 is 1.94 bits per heavy atom. The van der Waals surface area contributed by atoms with E-state index in [4.69, 9.17) is 25.9 Å². The molecule has 2 fully saturated rings. The molecule has 4 rings (SSSR count). The molecule has 0 spiro atoms. The molecule has 7 nitrogen and oxygen atoms in total. The Morgan fingerprint density at radius 3 is 2.61 bits per heavy atom. The highest BCUT2D eigenvalue weighted by Gasteiger charge is 2.36. The molecule has 0 radical (unpaired) electrons. The van der Waals surface area contributed by atoms with Crippen molar-refractivity contribution >= 4 is 17.6 Å². The highest BCUT2D eigenvalue weighted by molar-refractivity contribution is 6.31. The van der Waals surface area contributed by atoms with Crippen LogP contribution >= 0.6 is 11.6 Å². The van der Waals surface area contributed by atoms with Crippen molar-refractivity contribution in [1.82, 2.24) is 20.3 Å². The molecule has 168 valence electrons. The van der Waals surface area contributed by atoms with Crippen molar-refractivity contribution in [1.29, 1.82) is 0 Å². The number of benzene rings is 1. The van der Waals surface area contributed by atoms with Crippen LogP contribution in [0.5, 0.6) is 0 Å². The predicted molar refractivity (Wildman–Crippen MR) is 123 cm³/mol. The lowest BCUT2D eigenvalue weighted by Gasteiger charge is -2.39. The molecule has 1 aromatic carbocycles. The van der Waals surface area contributed by atoms with Gasteiger partial charge in [0.15, 0.2) is 5.96 Å². The van der Waals surface area contributed by atoms with Crippen LogP contribution < -0.4 is 5.32 Å². The van der Waals surface area contributed by atoms with Crippen LogP contribution in [-0.2, 0) is 16.7 Å². The molecule has 2 saturated heterocycles. The average Bonchev–Trinajstić information content (AvgIpc) is 3.31. The van der Waals surface area contributed by atoms with Crippen molar-refractivity contribution in [2.45, 2.75) is 31.7 Å². The van der Waals surface area contributed by atoms with E-state index >= 15 is 0 Å². The molecule has 0 bridgehead atoms. The van der Waals surface area contributed by atoms with Gasteiger partial charge in [0, 0.05) is 69.0 Å². The van der Waals surface area contributed by atoms with E-state index in [-0.39, 0.29) is 5.41 Å². The van der Waals surface area contributed by atoms with E-state index in [2.05, 4.69) is 39.3 Å². The summed E-state index contributed by atoms with van der Waals surface area (Å²) in [5, 5.41) is 8.36. The summed E-state index contributed by atoms with van der Waals surface area (Å²) in [6.45, 7) is 9.82. The van der Waals surface area contributed by atoms with Crippen LogP contribution in [0.4, 0.5) is 0 Å². The number of aliphatic imine (C=N–C) groups is 1. The monoisotopic (exact) mass is 445 g/mol. The minimum absolute atomic E-state index is 0.0773. The Balaban J connectivity index is 1.45. The molecular formula is C23H32ClN5O2. The van der Waals surface area contributed by atoms with Gasteiger partial charge in [-0.15, -0.1) is 0 Å². The average molecular weight is 446 g/mol. The van der Waals surface area contributed by atoms with Crippen LogP contribution in [0.15, 0.2) is 46.1 Å². The highest BCUT2D eigenvalue weighted by Crippen LogP contribution is 2.39. The van der Waals surface area contributed by atoms with Gasteiger partial charge < -0.3 is 19.5 Å². The summed E-state index contributed by atoms with van der Waals surface area (Å²) in [5.74, 6) is 0.988. The molecule has 0 unspecified atom stereocenters. The normalized spacial score (nSPS) is 20.1. The van der Waals surface area contributed by atoms with Crippen molar-refractivity contribution < 1.29 is 9.26 Å². The first-order valence-electron chi connectivity index (χ1n) is 11.2. The number of aromatic nitrogens is 1. The van der Waals surface area contributed by atoms with Gasteiger partial charge in [-0.05, 0) is 31.4 Å². The number of hydrogen-bond donors (Lipinski definition) is 1. The number of ether oxygens (including phenoxy) is 1. The summed E-state index contributed by atoms with van der Waals surface area (Å²) in [7, 11) is 0. The fourth-order valence-corrected chi connectivity index (χ4v) is 4.82. The number of halogens is 1. The summed E-state index contributed by atoms with van der Waals surface area (Å²) < 4.78 is 10.6. The first-order valence-corrected chi connectivity index (χ1v) is 11.6. The lowest BCUT2D eigenvalue weighted by atomic mass is 9.74. The third-order valence-corrected chi connectivity index (χ3v) is 6.64. The van der Waals surface area contributed by atoms with Gasteiger partial charge in [-0.1, -0.05) is 35.0 Å². The molecule has 0 aliphatic carbocycles. The minimum Gasteiger partial charge on any atom is -0.381 e. The van der Waals surface area contributed by atoms with E-state index in [0.29, 0.717) is 6.54 Å². The van der Waals surface area contributed by atoms with Gasteiger partial charge >= 0.3 is 0 Å². The minimum atomic E-state index is -0.0773. The van der Waals surface area contributed by atoms with Crippen LogP contribution in [-0.4, -0.2) is 73.4 Å². The second kappa shape index (κ2) is 10.5. The van der Waals surface area contributed by atoms with Crippen LogP contribution in [0.2, 0.25) is 5.02 Å². The zero-order valence-corrected chi connectivity index (χ0v) is 19.0. The molecule has 8 heteroatoms. The molecule has 1 aromatic heterocycles. The zero-order chi connectivity index (χ0) is 21.5. The highest BCUT2D eigenvalue weighted by atomic mass is 35.5. The molecule has 31 heavy (non-hydrogen) atoms. The Labute approximate surface area is 189 Å². The van der Waals surface area contributed by atoms with Gasteiger partial charge in [-0.25, -0.2) is 0 Å². The van der Waals surface area contributed by atoms with E-state index in [1.54, 1.807) is 6.26 Å². The number of hydrogen-bond acceptors (Lipinski definition) is 5. The van der Waals surface area contributed by atoms with E-state index in [1.807, 2.05) is 18.2 Å². The molecule has 0 saturated carbocycles. The van der Waals surface area contributed by atoms with E-state index in [9.17, 15) is 0 Å². The van der Waals surface area contributed by atoms with Crippen molar-refractivity contribution in [3.63, 3.8) is 0 Å². The summed E-state index contributed by atoms with van der Waals surface area (Å²) in [6.07, 6.45) is 3.50. The predicted octanol–water partition coefficient (Wildman–Crippen LogP) is 3.16. The third-order valence-electron chi connectivity index (χ3n) is 6.31. The smallest absolute Gasteiger partial charge is 0.194 e. The molecule has 1 N–H and O–H groups in total. The van der Waals surface area contributed by atoms with E-state index < -0.39 is 0 Å². The molecule has 0 amide bonds. The van der Waals surface area contributed by atoms with Gasteiger partial charge in [-0.3, -0.25) is 9.89 Å². The lowest BCUT2D eigenvalue weighted by Crippen LogP contribution is -2.52. The van der Waals surface area contributed by atoms with Crippen molar-refractivity contribution in [2.24, 2.45) is 4.99 Å². The standard InChI is InChI=1S/C23H32ClN5O2/c1-2-25-22(29-12-10-28(11-13-29)17-19-7-14-31-27-19)26-18-23(8-15-30-16-9-23)20-5-3-4-6-21(20)24/h3-7,14H,2,8-13,15-18H2,1H3,(H,25,26). The maximum atomic E-state index is 6.61. The van der Waals surface area contributed by atoms with Gasteiger partial charge in [-0.2, -0.15) is 0 Å². The maximum absolute atomic E-state index is 6.61. The van der Waals surface area contributed by atoms with Crippen molar-refractivity contribution in [3.8, 4) is 0 Å².